The maximum atomic E-state index is 5.80. The van der Waals surface area contributed by atoms with Crippen LogP contribution in [-0.4, -0.2) is 24.5 Å². The molecule has 16 heavy (non-hydrogen) atoms. The quantitative estimate of drug-likeness (QED) is 0.879. The van der Waals surface area contributed by atoms with Crippen molar-refractivity contribution in [3.05, 3.63) is 35.9 Å². The van der Waals surface area contributed by atoms with Crippen LogP contribution in [-0.2, 0) is 6.54 Å². The Bertz CT molecular complexity index is 315. The van der Waals surface area contributed by atoms with Crippen molar-refractivity contribution in [2.75, 3.05) is 19.6 Å². The van der Waals surface area contributed by atoms with Gasteiger partial charge >= 0.3 is 0 Å². The average Bonchev–Trinajstić information content (AvgIpc) is 2.63. The zero-order valence-electron chi connectivity index (χ0n) is 9.86. The molecule has 2 rings (SSSR count). The van der Waals surface area contributed by atoms with Crippen LogP contribution in [0.1, 0.15) is 18.9 Å². The van der Waals surface area contributed by atoms with Crippen LogP contribution in [0.4, 0.5) is 0 Å². The zero-order valence-corrected chi connectivity index (χ0v) is 10.7. The molecule has 3 heteroatoms. The van der Waals surface area contributed by atoms with E-state index in [1.807, 2.05) is 0 Å². The van der Waals surface area contributed by atoms with Crippen molar-refractivity contribution in [2.45, 2.75) is 19.9 Å². The van der Waals surface area contributed by atoms with E-state index in [4.69, 9.17) is 5.73 Å². The molecule has 1 atom stereocenters. The molecular formula is C13H21ClN2. The first-order valence-electron chi connectivity index (χ1n) is 5.68. The van der Waals surface area contributed by atoms with Crippen LogP contribution in [0, 0.1) is 5.41 Å². The molecule has 1 fully saturated rings. The van der Waals surface area contributed by atoms with Crippen molar-refractivity contribution in [2.24, 2.45) is 11.1 Å². The smallest absolute Gasteiger partial charge is 0.0233 e. The summed E-state index contributed by atoms with van der Waals surface area (Å²) >= 11 is 0. The number of likely N-dealkylation sites (tertiary alicyclic amines) is 1. The van der Waals surface area contributed by atoms with Gasteiger partial charge in [0.05, 0.1) is 0 Å². The number of nitrogens with zero attached hydrogens (tertiary/aromatic N) is 1. The van der Waals surface area contributed by atoms with Gasteiger partial charge in [0.2, 0.25) is 0 Å². The highest BCUT2D eigenvalue weighted by atomic mass is 35.5. The first kappa shape index (κ1) is 13.5. The monoisotopic (exact) mass is 240 g/mol. The van der Waals surface area contributed by atoms with E-state index in [2.05, 4.69) is 42.2 Å². The molecular weight excluding hydrogens is 220 g/mol. The Labute approximate surface area is 104 Å². The number of halogens is 1. The second-order valence-corrected chi connectivity index (χ2v) is 4.96. The second-order valence-electron chi connectivity index (χ2n) is 4.96. The fraction of sp³-hybridized carbons (Fsp3) is 0.538. The van der Waals surface area contributed by atoms with E-state index in [1.165, 1.54) is 18.5 Å². The number of hydrogen-bond donors (Lipinski definition) is 1. The molecule has 1 saturated heterocycles. The fourth-order valence-electron chi connectivity index (χ4n) is 2.27. The summed E-state index contributed by atoms with van der Waals surface area (Å²) in [5.74, 6) is 0. The summed E-state index contributed by atoms with van der Waals surface area (Å²) in [6.45, 7) is 6.48. The molecule has 0 radical (unpaired) electrons. The molecule has 0 aromatic heterocycles. The summed E-state index contributed by atoms with van der Waals surface area (Å²) in [4.78, 5) is 2.50. The van der Waals surface area contributed by atoms with Crippen molar-refractivity contribution in [3.63, 3.8) is 0 Å². The van der Waals surface area contributed by atoms with Gasteiger partial charge in [-0.25, -0.2) is 0 Å². The van der Waals surface area contributed by atoms with Gasteiger partial charge in [0.15, 0.2) is 0 Å². The third-order valence-corrected chi connectivity index (χ3v) is 3.38. The van der Waals surface area contributed by atoms with Crippen LogP contribution in [0.2, 0.25) is 0 Å². The van der Waals surface area contributed by atoms with Crippen LogP contribution in [0.25, 0.3) is 0 Å². The fourth-order valence-corrected chi connectivity index (χ4v) is 2.27. The van der Waals surface area contributed by atoms with Crippen molar-refractivity contribution < 1.29 is 0 Å². The Kier molecular flexibility index (Phi) is 4.78. The van der Waals surface area contributed by atoms with E-state index in [0.29, 0.717) is 5.41 Å². The lowest BCUT2D eigenvalue weighted by Crippen LogP contribution is -2.31. The van der Waals surface area contributed by atoms with Gasteiger partial charge in [-0.2, -0.15) is 0 Å². The molecule has 2 nitrogen and oxygen atoms in total. The van der Waals surface area contributed by atoms with Crippen LogP contribution in [0.3, 0.4) is 0 Å². The maximum absolute atomic E-state index is 5.80. The molecule has 0 bridgehead atoms. The van der Waals surface area contributed by atoms with Gasteiger partial charge < -0.3 is 5.73 Å². The molecule has 0 saturated carbocycles. The number of rotatable bonds is 3. The van der Waals surface area contributed by atoms with Crippen LogP contribution in [0.5, 0.6) is 0 Å². The molecule has 0 amide bonds. The lowest BCUT2D eigenvalue weighted by molar-refractivity contribution is 0.274. The maximum Gasteiger partial charge on any atom is 0.0233 e. The summed E-state index contributed by atoms with van der Waals surface area (Å²) in [5.41, 5.74) is 7.54. The lowest BCUT2D eigenvalue weighted by atomic mass is 9.90. The van der Waals surface area contributed by atoms with Crippen molar-refractivity contribution in [1.29, 1.82) is 0 Å². The predicted molar refractivity (Wildman–Crippen MR) is 70.7 cm³/mol. The minimum atomic E-state index is 0. The van der Waals surface area contributed by atoms with Gasteiger partial charge in [0.1, 0.15) is 0 Å². The first-order valence-corrected chi connectivity index (χ1v) is 5.68. The van der Waals surface area contributed by atoms with Crippen molar-refractivity contribution in [3.8, 4) is 0 Å². The first-order chi connectivity index (χ1) is 7.22. The van der Waals surface area contributed by atoms with Crippen LogP contribution >= 0.6 is 12.4 Å². The van der Waals surface area contributed by atoms with E-state index >= 15 is 0 Å². The minimum Gasteiger partial charge on any atom is -0.330 e. The molecule has 1 heterocycles. The summed E-state index contributed by atoms with van der Waals surface area (Å²) < 4.78 is 0. The standard InChI is InChI=1S/C13H20N2.ClH/c1-13(10-14)7-8-15(11-13)9-12-5-3-2-4-6-12;/h2-6H,7-11,14H2,1H3;1H. The highest BCUT2D eigenvalue weighted by Gasteiger charge is 2.31. The molecule has 1 aliphatic heterocycles. The third kappa shape index (κ3) is 3.21. The van der Waals surface area contributed by atoms with E-state index in [0.717, 1.165) is 19.6 Å². The highest BCUT2D eigenvalue weighted by molar-refractivity contribution is 5.85. The molecule has 2 N–H and O–H groups in total. The minimum absolute atomic E-state index is 0. The molecule has 1 aromatic rings. The zero-order chi connectivity index (χ0) is 10.7. The molecule has 0 aliphatic carbocycles. The van der Waals surface area contributed by atoms with Gasteiger partial charge in [0, 0.05) is 13.1 Å². The van der Waals surface area contributed by atoms with Gasteiger partial charge in [-0.15, -0.1) is 12.4 Å². The number of hydrogen-bond acceptors (Lipinski definition) is 2. The number of benzene rings is 1. The van der Waals surface area contributed by atoms with E-state index < -0.39 is 0 Å². The van der Waals surface area contributed by atoms with E-state index in [9.17, 15) is 0 Å². The molecule has 90 valence electrons. The van der Waals surface area contributed by atoms with Gasteiger partial charge in [-0.05, 0) is 30.5 Å². The van der Waals surface area contributed by atoms with Crippen molar-refractivity contribution >= 4 is 12.4 Å². The SMILES string of the molecule is CC1(CN)CCN(Cc2ccccc2)C1.Cl. The average molecular weight is 241 g/mol. The molecule has 1 unspecified atom stereocenters. The Hall–Kier alpha value is -0.570. The largest absolute Gasteiger partial charge is 0.330 e. The summed E-state index contributed by atoms with van der Waals surface area (Å²) in [6, 6.07) is 10.7. The van der Waals surface area contributed by atoms with Crippen LogP contribution < -0.4 is 5.73 Å². The van der Waals surface area contributed by atoms with Crippen molar-refractivity contribution in [1.82, 2.24) is 4.90 Å². The van der Waals surface area contributed by atoms with E-state index in [1.54, 1.807) is 0 Å². The van der Waals surface area contributed by atoms with Crippen LogP contribution in [0.15, 0.2) is 30.3 Å². The lowest BCUT2D eigenvalue weighted by Gasteiger charge is -2.22. The topological polar surface area (TPSA) is 29.3 Å². The molecule has 1 aliphatic rings. The van der Waals surface area contributed by atoms with E-state index in [-0.39, 0.29) is 12.4 Å². The normalized spacial score (nSPS) is 25.4. The Morgan fingerprint density at radius 2 is 2.00 bits per heavy atom. The Morgan fingerprint density at radius 3 is 2.56 bits per heavy atom. The Morgan fingerprint density at radius 1 is 1.31 bits per heavy atom. The van der Waals surface area contributed by atoms with Gasteiger partial charge in [0.25, 0.3) is 0 Å². The number of nitrogens with two attached hydrogens (primary N) is 1. The second kappa shape index (κ2) is 5.67. The van der Waals surface area contributed by atoms with Gasteiger partial charge in [-0.3, -0.25) is 4.90 Å². The third-order valence-electron chi connectivity index (χ3n) is 3.38. The summed E-state index contributed by atoms with van der Waals surface area (Å²) in [5, 5.41) is 0. The highest BCUT2D eigenvalue weighted by Crippen LogP contribution is 2.29. The molecule has 0 spiro atoms. The summed E-state index contributed by atoms with van der Waals surface area (Å²) in [7, 11) is 0. The Balaban J connectivity index is 0.00000128. The van der Waals surface area contributed by atoms with Gasteiger partial charge in [-0.1, -0.05) is 37.3 Å². The predicted octanol–water partition coefficient (Wildman–Crippen LogP) is 2.28. The summed E-state index contributed by atoms with van der Waals surface area (Å²) in [6.07, 6.45) is 1.23. The molecule has 1 aromatic carbocycles.